The zero-order chi connectivity index (χ0) is 17.4. The van der Waals surface area contributed by atoms with Gasteiger partial charge in [0.1, 0.15) is 0 Å². The normalized spacial score (nSPS) is 16.8. The lowest BCUT2D eigenvalue weighted by molar-refractivity contribution is 0.0755. The molecule has 1 unspecified atom stereocenters. The summed E-state index contributed by atoms with van der Waals surface area (Å²) in [4.78, 5) is 30.7. The van der Waals surface area contributed by atoms with Gasteiger partial charge in [-0.3, -0.25) is 14.6 Å². The lowest BCUT2D eigenvalue weighted by Gasteiger charge is -2.21. The fraction of sp³-hybridized carbons (Fsp3) is 0.611. The Labute approximate surface area is 143 Å². The highest BCUT2D eigenvalue weighted by Gasteiger charge is 2.19. The Kier molecular flexibility index (Phi) is 7.18. The van der Waals surface area contributed by atoms with Crippen molar-refractivity contribution in [3.8, 4) is 0 Å². The molecule has 0 aromatic carbocycles. The Morgan fingerprint density at radius 1 is 1.25 bits per heavy atom. The molecule has 0 spiro atoms. The van der Waals surface area contributed by atoms with Gasteiger partial charge >= 0.3 is 0 Å². The van der Waals surface area contributed by atoms with Gasteiger partial charge in [0.2, 0.25) is 0 Å². The maximum Gasteiger partial charge on any atom is 0.255 e. The number of aromatic nitrogens is 1. The maximum absolute atomic E-state index is 12.6. The average Bonchev–Trinajstić information content (AvgIpc) is 3.12. The molecular formula is C18H27N3O3. The van der Waals surface area contributed by atoms with Crippen LogP contribution in [0.1, 0.15) is 60.2 Å². The summed E-state index contributed by atoms with van der Waals surface area (Å²) in [6.07, 6.45) is 6.93. The van der Waals surface area contributed by atoms with Gasteiger partial charge in [-0.05, 0) is 31.7 Å². The molecule has 1 atom stereocenters. The highest BCUT2D eigenvalue weighted by molar-refractivity contribution is 5.99. The summed E-state index contributed by atoms with van der Waals surface area (Å²) in [5.74, 6) is -0.287. The van der Waals surface area contributed by atoms with Crippen LogP contribution in [0.2, 0.25) is 0 Å². The molecule has 6 heteroatoms. The van der Waals surface area contributed by atoms with Crippen molar-refractivity contribution in [2.75, 3.05) is 26.2 Å². The quantitative estimate of drug-likeness (QED) is 0.792. The van der Waals surface area contributed by atoms with Gasteiger partial charge < -0.3 is 15.0 Å². The van der Waals surface area contributed by atoms with E-state index in [9.17, 15) is 9.59 Å². The zero-order valence-electron chi connectivity index (χ0n) is 14.6. The van der Waals surface area contributed by atoms with Crippen LogP contribution < -0.4 is 5.32 Å². The van der Waals surface area contributed by atoms with E-state index in [1.165, 1.54) is 12.4 Å². The molecule has 0 bridgehead atoms. The zero-order valence-corrected chi connectivity index (χ0v) is 14.6. The molecule has 1 aromatic heterocycles. The Morgan fingerprint density at radius 2 is 1.96 bits per heavy atom. The molecule has 6 nitrogen and oxygen atoms in total. The van der Waals surface area contributed by atoms with Crippen LogP contribution in [0.15, 0.2) is 18.5 Å². The van der Waals surface area contributed by atoms with E-state index in [1.54, 1.807) is 6.07 Å². The predicted molar refractivity (Wildman–Crippen MR) is 92.0 cm³/mol. The molecule has 2 rings (SSSR count). The van der Waals surface area contributed by atoms with Gasteiger partial charge in [-0.1, -0.05) is 13.8 Å². The minimum absolute atomic E-state index is 0.0695. The lowest BCUT2D eigenvalue weighted by Crippen LogP contribution is -2.34. The van der Waals surface area contributed by atoms with Crippen LogP contribution >= 0.6 is 0 Å². The van der Waals surface area contributed by atoms with Crippen LogP contribution in [0.5, 0.6) is 0 Å². The van der Waals surface area contributed by atoms with Gasteiger partial charge in [-0.2, -0.15) is 0 Å². The first-order valence-electron chi connectivity index (χ1n) is 8.79. The molecule has 1 aromatic rings. The second kappa shape index (κ2) is 9.37. The number of hydrogen-bond acceptors (Lipinski definition) is 4. The van der Waals surface area contributed by atoms with E-state index in [0.717, 1.165) is 32.3 Å². The largest absolute Gasteiger partial charge is 0.376 e. The Balaban J connectivity index is 2.00. The van der Waals surface area contributed by atoms with Gasteiger partial charge in [0, 0.05) is 38.6 Å². The molecule has 0 aliphatic carbocycles. The third kappa shape index (κ3) is 5.03. The van der Waals surface area contributed by atoms with Crippen LogP contribution in [-0.4, -0.2) is 54.0 Å². The van der Waals surface area contributed by atoms with E-state index in [4.69, 9.17) is 4.74 Å². The first-order chi connectivity index (χ1) is 11.7. The first-order valence-corrected chi connectivity index (χ1v) is 8.79. The molecule has 1 aliphatic heterocycles. The van der Waals surface area contributed by atoms with Gasteiger partial charge in [-0.25, -0.2) is 0 Å². The summed E-state index contributed by atoms with van der Waals surface area (Å²) in [5, 5.41) is 2.86. The number of hydrogen-bond donors (Lipinski definition) is 1. The van der Waals surface area contributed by atoms with Crippen LogP contribution in [-0.2, 0) is 4.74 Å². The Bertz CT molecular complexity index is 550. The van der Waals surface area contributed by atoms with Crippen LogP contribution in [0.4, 0.5) is 0 Å². The third-order valence-electron chi connectivity index (χ3n) is 4.04. The summed E-state index contributed by atoms with van der Waals surface area (Å²) in [5.41, 5.74) is 0.869. The number of ether oxygens (including phenoxy) is 1. The van der Waals surface area contributed by atoms with Crippen molar-refractivity contribution in [3.63, 3.8) is 0 Å². The van der Waals surface area contributed by atoms with Crippen molar-refractivity contribution in [1.29, 1.82) is 0 Å². The van der Waals surface area contributed by atoms with Gasteiger partial charge in [0.15, 0.2) is 0 Å². The summed E-state index contributed by atoms with van der Waals surface area (Å²) < 4.78 is 5.50. The van der Waals surface area contributed by atoms with E-state index in [1.807, 2.05) is 18.7 Å². The van der Waals surface area contributed by atoms with Crippen molar-refractivity contribution < 1.29 is 14.3 Å². The minimum Gasteiger partial charge on any atom is -0.376 e. The van der Waals surface area contributed by atoms with E-state index in [2.05, 4.69) is 10.3 Å². The fourth-order valence-electron chi connectivity index (χ4n) is 2.83. The summed E-state index contributed by atoms with van der Waals surface area (Å²) in [6.45, 7) is 6.77. The lowest BCUT2D eigenvalue weighted by atomic mass is 10.1. The third-order valence-corrected chi connectivity index (χ3v) is 4.04. The van der Waals surface area contributed by atoms with Crippen LogP contribution in [0, 0.1) is 0 Å². The molecule has 0 saturated carbocycles. The summed E-state index contributed by atoms with van der Waals surface area (Å²) in [6, 6.07) is 1.62. The standard InChI is InChI=1S/C18H27N3O3/c1-3-7-21(8-4-2)18(23)15-10-14(11-19-12-15)17(22)20-13-16-6-5-9-24-16/h10-12,16H,3-9,13H2,1-2H3,(H,20,22). The van der Waals surface area contributed by atoms with Crippen LogP contribution in [0.25, 0.3) is 0 Å². The number of nitrogens with one attached hydrogen (secondary N) is 1. The molecule has 1 fully saturated rings. The topological polar surface area (TPSA) is 71.5 Å². The molecule has 2 heterocycles. The molecule has 1 saturated heterocycles. The second-order valence-electron chi connectivity index (χ2n) is 6.10. The molecular weight excluding hydrogens is 306 g/mol. The summed E-state index contributed by atoms with van der Waals surface area (Å²) in [7, 11) is 0. The highest BCUT2D eigenvalue weighted by atomic mass is 16.5. The number of carbonyl (C=O) groups is 2. The Morgan fingerprint density at radius 3 is 2.58 bits per heavy atom. The average molecular weight is 333 g/mol. The molecule has 0 radical (unpaired) electrons. The summed E-state index contributed by atoms with van der Waals surface area (Å²) >= 11 is 0. The molecule has 1 aliphatic rings. The van der Waals surface area contributed by atoms with Crippen molar-refractivity contribution in [3.05, 3.63) is 29.6 Å². The van der Waals surface area contributed by atoms with Gasteiger partial charge in [-0.15, -0.1) is 0 Å². The van der Waals surface area contributed by atoms with Crippen molar-refractivity contribution >= 4 is 11.8 Å². The molecule has 1 N–H and O–H groups in total. The Hall–Kier alpha value is -1.95. The van der Waals surface area contributed by atoms with E-state index in [-0.39, 0.29) is 17.9 Å². The monoisotopic (exact) mass is 333 g/mol. The second-order valence-corrected chi connectivity index (χ2v) is 6.10. The minimum atomic E-state index is -0.217. The fourth-order valence-corrected chi connectivity index (χ4v) is 2.83. The molecule has 24 heavy (non-hydrogen) atoms. The maximum atomic E-state index is 12.6. The van der Waals surface area contributed by atoms with Crippen molar-refractivity contribution in [2.45, 2.75) is 45.6 Å². The van der Waals surface area contributed by atoms with E-state index >= 15 is 0 Å². The number of rotatable bonds is 8. The number of pyridine rings is 1. The molecule has 132 valence electrons. The number of carbonyl (C=O) groups excluding carboxylic acids is 2. The first kappa shape index (κ1) is 18.4. The van der Waals surface area contributed by atoms with E-state index < -0.39 is 0 Å². The molecule has 2 amide bonds. The van der Waals surface area contributed by atoms with Gasteiger partial charge in [0.25, 0.3) is 11.8 Å². The highest BCUT2D eigenvalue weighted by Crippen LogP contribution is 2.12. The number of nitrogens with zero attached hydrogens (tertiary/aromatic N) is 2. The smallest absolute Gasteiger partial charge is 0.255 e. The van der Waals surface area contributed by atoms with Crippen molar-refractivity contribution in [1.82, 2.24) is 15.2 Å². The van der Waals surface area contributed by atoms with E-state index in [0.29, 0.717) is 30.8 Å². The number of amides is 2. The van der Waals surface area contributed by atoms with Crippen molar-refractivity contribution in [2.24, 2.45) is 0 Å². The predicted octanol–water partition coefficient (Wildman–Crippen LogP) is 2.25. The SMILES string of the molecule is CCCN(CCC)C(=O)c1cncc(C(=O)NCC2CCCO2)c1. The van der Waals surface area contributed by atoms with Crippen LogP contribution in [0.3, 0.4) is 0 Å². The van der Waals surface area contributed by atoms with Gasteiger partial charge in [0.05, 0.1) is 17.2 Å².